The van der Waals surface area contributed by atoms with Gasteiger partial charge < -0.3 is 38.4 Å². The number of nitrogens with zero attached hydrogens (tertiary/aromatic N) is 1. The molecule has 210 valence electrons. The highest BCUT2D eigenvalue weighted by Crippen LogP contribution is 2.43. The normalized spacial score (nSPS) is 13.7. The maximum Gasteiger partial charge on any atom is 0.227 e. The molecule has 0 saturated carbocycles. The van der Waals surface area contributed by atoms with Gasteiger partial charge in [0.05, 0.1) is 33.8 Å². The van der Waals surface area contributed by atoms with Gasteiger partial charge in [-0.1, -0.05) is 18.2 Å². The molecule has 0 bridgehead atoms. The number of benzene rings is 2. The van der Waals surface area contributed by atoms with Crippen molar-refractivity contribution in [3.63, 3.8) is 0 Å². The van der Waals surface area contributed by atoms with Crippen molar-refractivity contribution in [2.24, 2.45) is 0 Å². The Morgan fingerprint density at radius 1 is 1.05 bits per heavy atom. The van der Waals surface area contributed by atoms with Crippen molar-refractivity contribution in [3.05, 3.63) is 81.0 Å². The second-order valence-corrected chi connectivity index (χ2v) is 9.62. The monoisotopic (exact) mass is 548 g/mol. The summed E-state index contributed by atoms with van der Waals surface area (Å²) in [4.78, 5) is 31.8. The molecule has 0 saturated heterocycles. The van der Waals surface area contributed by atoms with Gasteiger partial charge >= 0.3 is 0 Å². The molecule has 2 aromatic heterocycles. The van der Waals surface area contributed by atoms with Crippen LogP contribution in [0.5, 0.6) is 23.0 Å². The van der Waals surface area contributed by atoms with Crippen LogP contribution in [-0.4, -0.2) is 55.9 Å². The summed E-state index contributed by atoms with van der Waals surface area (Å²) in [5.74, 6) is -0.265. The van der Waals surface area contributed by atoms with Crippen LogP contribution in [0.25, 0.3) is 10.9 Å². The second kappa shape index (κ2) is 11.4. The standard InChI is InChI=1S/C30H32N2O8/c1-36-16-17-11-24(33)29(35)30(40-17)21(20-12-26(38-3)27(39-4)14-25(20)37-2)13-28(34)32-10-9-19-18-7-5-6-8-22(18)31-23(19)15-32/h5-8,11-12,14,21,31,35H,9-10,13,15-16H2,1-4H3. The number of carbonyl (C=O) groups excluding carboxylic acids is 1. The summed E-state index contributed by atoms with van der Waals surface area (Å²) in [5, 5.41) is 12.0. The fraction of sp³-hybridized carbons (Fsp3) is 0.333. The zero-order chi connectivity index (χ0) is 28.4. The molecule has 5 rings (SSSR count). The first kappa shape index (κ1) is 27.1. The van der Waals surface area contributed by atoms with E-state index < -0.39 is 17.1 Å². The number of nitrogens with one attached hydrogen (secondary N) is 1. The van der Waals surface area contributed by atoms with Gasteiger partial charge in [-0.2, -0.15) is 0 Å². The molecule has 0 radical (unpaired) electrons. The molecule has 1 aliphatic heterocycles. The Bertz CT molecular complexity index is 1610. The molecule has 10 nitrogen and oxygen atoms in total. The molecule has 10 heteroatoms. The van der Waals surface area contributed by atoms with Gasteiger partial charge in [0.2, 0.25) is 17.1 Å². The van der Waals surface area contributed by atoms with Crippen LogP contribution in [0.2, 0.25) is 0 Å². The summed E-state index contributed by atoms with van der Waals surface area (Å²) in [6, 6.07) is 12.6. The minimum atomic E-state index is -0.879. The molecule has 40 heavy (non-hydrogen) atoms. The lowest BCUT2D eigenvalue weighted by Gasteiger charge is -2.29. The fourth-order valence-electron chi connectivity index (χ4n) is 5.38. The van der Waals surface area contributed by atoms with Crippen LogP contribution < -0.4 is 19.6 Å². The lowest BCUT2D eigenvalue weighted by Crippen LogP contribution is -2.36. The van der Waals surface area contributed by atoms with Crippen LogP contribution in [-0.2, 0) is 29.1 Å². The highest BCUT2D eigenvalue weighted by atomic mass is 16.5. The Morgan fingerprint density at radius 2 is 1.77 bits per heavy atom. The quantitative estimate of drug-likeness (QED) is 0.320. The zero-order valence-electron chi connectivity index (χ0n) is 22.9. The maximum atomic E-state index is 13.9. The summed E-state index contributed by atoms with van der Waals surface area (Å²) in [6.07, 6.45) is 0.605. The van der Waals surface area contributed by atoms with Crippen LogP contribution in [0.3, 0.4) is 0 Å². The number of fused-ring (bicyclic) bond motifs is 3. The number of ether oxygens (including phenoxy) is 4. The van der Waals surface area contributed by atoms with Gasteiger partial charge in [0.25, 0.3) is 0 Å². The van der Waals surface area contributed by atoms with E-state index in [9.17, 15) is 14.7 Å². The predicted octanol–water partition coefficient (Wildman–Crippen LogP) is 4.11. The Morgan fingerprint density at radius 3 is 2.50 bits per heavy atom. The Kier molecular flexibility index (Phi) is 7.70. The first-order valence-corrected chi connectivity index (χ1v) is 12.9. The van der Waals surface area contributed by atoms with Crippen molar-refractivity contribution in [1.82, 2.24) is 9.88 Å². The van der Waals surface area contributed by atoms with E-state index in [-0.39, 0.29) is 30.5 Å². The van der Waals surface area contributed by atoms with Crippen molar-refractivity contribution in [3.8, 4) is 23.0 Å². The molecule has 1 unspecified atom stereocenters. The molecule has 2 N–H and O–H groups in total. The van der Waals surface area contributed by atoms with E-state index in [4.69, 9.17) is 23.4 Å². The van der Waals surface area contributed by atoms with Gasteiger partial charge in [-0.3, -0.25) is 9.59 Å². The minimum absolute atomic E-state index is 0.0154. The third kappa shape index (κ3) is 4.98. The number of methoxy groups -OCH3 is 4. The summed E-state index contributed by atoms with van der Waals surface area (Å²) in [5.41, 5.74) is 3.11. The molecule has 0 aliphatic carbocycles. The molecule has 3 heterocycles. The zero-order valence-corrected chi connectivity index (χ0v) is 22.9. The van der Waals surface area contributed by atoms with Gasteiger partial charge in [0.1, 0.15) is 18.1 Å². The minimum Gasteiger partial charge on any atom is -0.502 e. The van der Waals surface area contributed by atoms with Gasteiger partial charge in [0, 0.05) is 54.4 Å². The summed E-state index contributed by atoms with van der Waals surface area (Å²) in [6.45, 7) is 0.961. The number of aromatic hydroxyl groups is 1. The number of aromatic amines is 1. The molecule has 1 aliphatic rings. The van der Waals surface area contributed by atoms with E-state index >= 15 is 0 Å². The first-order valence-electron chi connectivity index (χ1n) is 12.9. The van der Waals surface area contributed by atoms with E-state index in [2.05, 4.69) is 11.1 Å². The number of amides is 1. The predicted molar refractivity (Wildman–Crippen MR) is 147 cm³/mol. The summed E-state index contributed by atoms with van der Waals surface area (Å²) >= 11 is 0. The van der Waals surface area contributed by atoms with E-state index in [0.29, 0.717) is 42.3 Å². The topological polar surface area (TPSA) is 123 Å². The first-order chi connectivity index (χ1) is 19.4. The van der Waals surface area contributed by atoms with Gasteiger partial charge in [-0.25, -0.2) is 0 Å². The highest BCUT2D eigenvalue weighted by Gasteiger charge is 2.33. The Balaban J connectivity index is 1.56. The van der Waals surface area contributed by atoms with Crippen LogP contribution in [0.15, 0.2) is 51.7 Å². The molecule has 1 amide bonds. The van der Waals surface area contributed by atoms with E-state index in [1.165, 1.54) is 45.5 Å². The Hall–Kier alpha value is -4.44. The number of H-pyrrole nitrogens is 1. The molecule has 0 fully saturated rings. The van der Waals surface area contributed by atoms with Crippen LogP contribution in [0.1, 0.15) is 40.7 Å². The van der Waals surface area contributed by atoms with Crippen molar-refractivity contribution < 1.29 is 33.3 Å². The van der Waals surface area contributed by atoms with Crippen LogP contribution >= 0.6 is 0 Å². The average Bonchev–Trinajstić information content (AvgIpc) is 3.35. The van der Waals surface area contributed by atoms with Gasteiger partial charge in [-0.15, -0.1) is 0 Å². The Labute approximate surface area is 231 Å². The molecule has 4 aromatic rings. The number of para-hydroxylation sites is 1. The lowest BCUT2D eigenvalue weighted by molar-refractivity contribution is -0.132. The van der Waals surface area contributed by atoms with E-state index in [1.807, 2.05) is 18.2 Å². The number of hydrogen-bond donors (Lipinski definition) is 2. The number of hydrogen-bond acceptors (Lipinski definition) is 8. The third-order valence-electron chi connectivity index (χ3n) is 7.33. The summed E-state index contributed by atoms with van der Waals surface area (Å²) in [7, 11) is 5.96. The molecular weight excluding hydrogens is 516 g/mol. The van der Waals surface area contributed by atoms with Crippen molar-refractivity contribution in [2.75, 3.05) is 35.0 Å². The average molecular weight is 549 g/mol. The van der Waals surface area contributed by atoms with Crippen molar-refractivity contribution in [1.29, 1.82) is 0 Å². The number of aromatic nitrogens is 1. The maximum absolute atomic E-state index is 13.9. The van der Waals surface area contributed by atoms with Crippen LogP contribution in [0.4, 0.5) is 0 Å². The van der Waals surface area contributed by atoms with E-state index in [1.54, 1.807) is 17.0 Å². The number of rotatable bonds is 9. The molecule has 2 aromatic carbocycles. The van der Waals surface area contributed by atoms with Gasteiger partial charge in [-0.05, 0) is 24.1 Å². The molecular formula is C30H32N2O8. The van der Waals surface area contributed by atoms with Crippen molar-refractivity contribution in [2.45, 2.75) is 31.9 Å². The van der Waals surface area contributed by atoms with Gasteiger partial charge in [0.15, 0.2) is 17.3 Å². The SMILES string of the molecule is COCc1cc(=O)c(O)c(C(CC(=O)N2CCc3c([nH]c4ccccc34)C2)c2cc(OC)c(OC)cc2OC)o1. The van der Waals surface area contributed by atoms with E-state index in [0.717, 1.165) is 11.2 Å². The molecule has 0 spiro atoms. The lowest BCUT2D eigenvalue weighted by atomic mass is 9.90. The van der Waals surface area contributed by atoms with Crippen LogP contribution in [0, 0.1) is 0 Å². The highest BCUT2D eigenvalue weighted by molar-refractivity contribution is 5.86. The fourth-order valence-corrected chi connectivity index (χ4v) is 5.38. The molecule has 1 atom stereocenters. The van der Waals surface area contributed by atoms with Crippen molar-refractivity contribution >= 4 is 16.8 Å². The smallest absolute Gasteiger partial charge is 0.227 e. The summed E-state index contributed by atoms with van der Waals surface area (Å²) < 4.78 is 27.7. The largest absolute Gasteiger partial charge is 0.502 e. The second-order valence-electron chi connectivity index (χ2n) is 9.62. The third-order valence-corrected chi connectivity index (χ3v) is 7.33. The number of carbonyl (C=O) groups is 1.